The van der Waals surface area contributed by atoms with E-state index in [4.69, 9.17) is 5.73 Å². The van der Waals surface area contributed by atoms with Crippen molar-refractivity contribution >= 4 is 5.91 Å². The Morgan fingerprint density at radius 3 is 2.24 bits per heavy atom. The SMILES string of the molecule is Cc1ccc(-c2cc(-c3ccc(C(N)=O)cc3)n[nH]2)cc1. The number of H-pyrrole nitrogens is 1. The number of carbonyl (C=O) groups is 1. The van der Waals surface area contributed by atoms with Crippen molar-refractivity contribution in [3.05, 3.63) is 65.7 Å². The Morgan fingerprint density at radius 1 is 1.00 bits per heavy atom. The molecule has 2 aromatic carbocycles. The number of nitrogens with two attached hydrogens (primary N) is 1. The summed E-state index contributed by atoms with van der Waals surface area (Å²) < 4.78 is 0. The second-order valence-electron chi connectivity index (χ2n) is 4.97. The topological polar surface area (TPSA) is 71.8 Å². The van der Waals surface area contributed by atoms with Gasteiger partial charge in [0.1, 0.15) is 0 Å². The molecule has 1 aromatic heterocycles. The summed E-state index contributed by atoms with van der Waals surface area (Å²) in [6, 6.07) is 17.3. The highest BCUT2D eigenvalue weighted by atomic mass is 16.1. The van der Waals surface area contributed by atoms with Gasteiger partial charge in [-0.05, 0) is 30.7 Å². The normalized spacial score (nSPS) is 10.5. The zero-order chi connectivity index (χ0) is 14.8. The van der Waals surface area contributed by atoms with E-state index in [0.717, 1.165) is 22.5 Å². The molecule has 3 rings (SSSR count). The highest BCUT2D eigenvalue weighted by molar-refractivity contribution is 5.93. The average Bonchev–Trinajstić information content (AvgIpc) is 2.98. The number of benzene rings is 2. The van der Waals surface area contributed by atoms with Gasteiger partial charge in [-0.25, -0.2) is 0 Å². The molecule has 0 bridgehead atoms. The second kappa shape index (κ2) is 5.25. The highest BCUT2D eigenvalue weighted by Crippen LogP contribution is 2.24. The van der Waals surface area contributed by atoms with Crippen LogP contribution in [0.25, 0.3) is 22.5 Å². The number of aromatic amines is 1. The fraction of sp³-hybridized carbons (Fsp3) is 0.0588. The van der Waals surface area contributed by atoms with Crippen LogP contribution >= 0.6 is 0 Å². The Kier molecular flexibility index (Phi) is 3.28. The van der Waals surface area contributed by atoms with Crippen LogP contribution in [0.1, 0.15) is 15.9 Å². The van der Waals surface area contributed by atoms with E-state index in [1.165, 1.54) is 5.56 Å². The van der Waals surface area contributed by atoms with E-state index in [-0.39, 0.29) is 0 Å². The van der Waals surface area contributed by atoms with Crippen molar-refractivity contribution in [3.8, 4) is 22.5 Å². The first kappa shape index (κ1) is 13.1. The van der Waals surface area contributed by atoms with Crippen molar-refractivity contribution < 1.29 is 4.79 Å². The summed E-state index contributed by atoms with van der Waals surface area (Å²) in [5.74, 6) is -0.427. The van der Waals surface area contributed by atoms with Crippen molar-refractivity contribution in [2.24, 2.45) is 5.73 Å². The number of aryl methyl sites for hydroxylation is 1. The Hall–Kier alpha value is -2.88. The number of nitrogens with zero attached hydrogens (tertiary/aromatic N) is 1. The zero-order valence-electron chi connectivity index (χ0n) is 11.6. The number of nitrogens with one attached hydrogen (secondary N) is 1. The Labute approximate surface area is 122 Å². The third-order valence-electron chi connectivity index (χ3n) is 3.41. The number of amides is 1. The lowest BCUT2D eigenvalue weighted by Gasteiger charge is -1.98. The van der Waals surface area contributed by atoms with Gasteiger partial charge in [0.05, 0.1) is 11.4 Å². The third-order valence-corrected chi connectivity index (χ3v) is 3.41. The van der Waals surface area contributed by atoms with E-state index < -0.39 is 5.91 Å². The van der Waals surface area contributed by atoms with Gasteiger partial charge in [-0.1, -0.05) is 42.0 Å². The van der Waals surface area contributed by atoms with Gasteiger partial charge in [-0.15, -0.1) is 0 Å². The summed E-state index contributed by atoms with van der Waals surface area (Å²) in [5.41, 5.74) is 10.8. The van der Waals surface area contributed by atoms with E-state index in [0.29, 0.717) is 5.56 Å². The molecule has 4 heteroatoms. The highest BCUT2D eigenvalue weighted by Gasteiger charge is 2.07. The van der Waals surface area contributed by atoms with Crippen molar-refractivity contribution in [1.29, 1.82) is 0 Å². The number of carbonyl (C=O) groups excluding carboxylic acids is 1. The summed E-state index contributed by atoms with van der Waals surface area (Å²) in [4.78, 5) is 11.1. The minimum absolute atomic E-state index is 0.427. The minimum atomic E-state index is -0.427. The Morgan fingerprint density at radius 2 is 1.62 bits per heavy atom. The number of primary amides is 1. The molecule has 3 N–H and O–H groups in total. The molecule has 1 heterocycles. The first-order chi connectivity index (χ1) is 10.1. The van der Waals surface area contributed by atoms with Gasteiger partial charge in [-0.3, -0.25) is 9.89 Å². The molecular formula is C17H15N3O. The maximum absolute atomic E-state index is 11.1. The second-order valence-corrected chi connectivity index (χ2v) is 4.97. The molecule has 104 valence electrons. The van der Waals surface area contributed by atoms with Crippen molar-refractivity contribution in [3.63, 3.8) is 0 Å². The summed E-state index contributed by atoms with van der Waals surface area (Å²) >= 11 is 0. The van der Waals surface area contributed by atoms with Crippen LogP contribution in [0.2, 0.25) is 0 Å². The van der Waals surface area contributed by atoms with Crippen LogP contribution in [0.5, 0.6) is 0 Å². The number of aromatic nitrogens is 2. The Bertz CT molecular complexity index is 771. The van der Waals surface area contributed by atoms with Gasteiger partial charge < -0.3 is 5.73 Å². The largest absolute Gasteiger partial charge is 0.366 e. The molecule has 0 radical (unpaired) electrons. The molecule has 0 saturated heterocycles. The first-order valence-corrected chi connectivity index (χ1v) is 6.66. The molecule has 4 nitrogen and oxygen atoms in total. The lowest BCUT2D eigenvalue weighted by atomic mass is 10.1. The van der Waals surface area contributed by atoms with E-state index in [9.17, 15) is 4.79 Å². The van der Waals surface area contributed by atoms with Gasteiger partial charge in [0.15, 0.2) is 0 Å². The molecule has 0 spiro atoms. The zero-order valence-corrected chi connectivity index (χ0v) is 11.6. The first-order valence-electron chi connectivity index (χ1n) is 6.66. The van der Waals surface area contributed by atoms with Crippen LogP contribution in [0, 0.1) is 6.92 Å². The van der Waals surface area contributed by atoms with E-state index in [1.807, 2.05) is 18.2 Å². The fourth-order valence-corrected chi connectivity index (χ4v) is 2.16. The maximum Gasteiger partial charge on any atom is 0.248 e. The van der Waals surface area contributed by atoms with E-state index in [1.54, 1.807) is 12.1 Å². The molecule has 0 aliphatic heterocycles. The molecule has 21 heavy (non-hydrogen) atoms. The molecule has 0 aliphatic carbocycles. The van der Waals surface area contributed by atoms with Gasteiger partial charge in [-0.2, -0.15) is 5.10 Å². The van der Waals surface area contributed by atoms with Gasteiger partial charge >= 0.3 is 0 Å². The number of hydrogen-bond donors (Lipinski definition) is 2. The monoisotopic (exact) mass is 277 g/mol. The lowest BCUT2D eigenvalue weighted by molar-refractivity contribution is 0.100. The molecule has 1 amide bonds. The molecule has 0 unspecified atom stereocenters. The molecule has 0 fully saturated rings. The van der Waals surface area contributed by atoms with Crippen LogP contribution < -0.4 is 5.73 Å². The minimum Gasteiger partial charge on any atom is -0.366 e. The van der Waals surface area contributed by atoms with Gasteiger partial charge in [0, 0.05) is 11.1 Å². The average molecular weight is 277 g/mol. The van der Waals surface area contributed by atoms with Crippen LogP contribution in [0.4, 0.5) is 0 Å². The summed E-state index contributed by atoms with van der Waals surface area (Å²) in [6.45, 7) is 2.06. The summed E-state index contributed by atoms with van der Waals surface area (Å²) in [6.07, 6.45) is 0. The van der Waals surface area contributed by atoms with E-state index in [2.05, 4.69) is 41.4 Å². The smallest absolute Gasteiger partial charge is 0.248 e. The molecule has 0 aliphatic rings. The van der Waals surface area contributed by atoms with E-state index >= 15 is 0 Å². The summed E-state index contributed by atoms with van der Waals surface area (Å²) in [5, 5.41) is 7.35. The predicted octanol–water partition coefficient (Wildman–Crippen LogP) is 3.15. The quantitative estimate of drug-likeness (QED) is 0.772. The number of rotatable bonds is 3. The third kappa shape index (κ3) is 2.69. The van der Waals surface area contributed by atoms with Crippen molar-refractivity contribution in [1.82, 2.24) is 10.2 Å². The Balaban J connectivity index is 1.90. The standard InChI is InChI=1S/C17H15N3O/c1-11-2-4-12(5-3-11)15-10-16(20-19-15)13-6-8-14(9-7-13)17(18)21/h2-10H,1H3,(H2,18,21)(H,19,20). The molecular weight excluding hydrogens is 262 g/mol. The fourth-order valence-electron chi connectivity index (χ4n) is 2.16. The van der Waals surface area contributed by atoms with Crippen LogP contribution in [0.3, 0.4) is 0 Å². The van der Waals surface area contributed by atoms with Crippen LogP contribution in [-0.2, 0) is 0 Å². The predicted molar refractivity (Wildman–Crippen MR) is 82.7 cm³/mol. The molecule has 0 saturated carbocycles. The molecule has 0 atom stereocenters. The summed E-state index contributed by atoms with van der Waals surface area (Å²) in [7, 11) is 0. The maximum atomic E-state index is 11.1. The van der Waals surface area contributed by atoms with Crippen molar-refractivity contribution in [2.45, 2.75) is 6.92 Å². The van der Waals surface area contributed by atoms with Crippen LogP contribution in [0.15, 0.2) is 54.6 Å². The van der Waals surface area contributed by atoms with Gasteiger partial charge in [0.25, 0.3) is 0 Å². The number of hydrogen-bond acceptors (Lipinski definition) is 2. The van der Waals surface area contributed by atoms with Crippen molar-refractivity contribution in [2.75, 3.05) is 0 Å². The lowest BCUT2D eigenvalue weighted by Crippen LogP contribution is -2.10. The van der Waals surface area contributed by atoms with Gasteiger partial charge in [0.2, 0.25) is 5.91 Å². The van der Waals surface area contributed by atoms with Crippen LogP contribution in [-0.4, -0.2) is 16.1 Å². The molecule has 3 aromatic rings.